The minimum Gasteiger partial charge on any atom is -0.366 e. The number of benzene rings is 1. The molecule has 1 saturated heterocycles. The average Bonchev–Trinajstić information content (AvgIpc) is 2.61. The van der Waals surface area contributed by atoms with Gasteiger partial charge in [0.15, 0.2) is 5.96 Å². The van der Waals surface area contributed by atoms with Gasteiger partial charge in [-0.1, -0.05) is 12.1 Å². The standard InChI is InChI=1S/C17H24F3N5O/c1-12(17(18,19)20)24-7-9-25(10-8-24)16(22-2)23-11-13-3-5-14(6-4-13)15(21)26/h3-6,12H,7-11H2,1-2H3,(H2,21,26)(H,22,23). The van der Waals surface area contributed by atoms with Crippen LogP contribution in [0.5, 0.6) is 0 Å². The summed E-state index contributed by atoms with van der Waals surface area (Å²) in [5, 5.41) is 3.20. The Hall–Kier alpha value is -2.29. The van der Waals surface area contributed by atoms with Crippen molar-refractivity contribution in [2.24, 2.45) is 10.7 Å². The number of primary amides is 1. The van der Waals surface area contributed by atoms with E-state index < -0.39 is 18.1 Å². The molecule has 0 radical (unpaired) electrons. The lowest BCUT2D eigenvalue weighted by Crippen LogP contribution is -2.56. The number of carbonyl (C=O) groups is 1. The van der Waals surface area contributed by atoms with Crippen LogP contribution in [0.2, 0.25) is 0 Å². The highest BCUT2D eigenvalue weighted by Gasteiger charge is 2.41. The van der Waals surface area contributed by atoms with Gasteiger partial charge in [-0.15, -0.1) is 0 Å². The van der Waals surface area contributed by atoms with Gasteiger partial charge in [-0.2, -0.15) is 13.2 Å². The van der Waals surface area contributed by atoms with Crippen molar-refractivity contribution >= 4 is 11.9 Å². The summed E-state index contributed by atoms with van der Waals surface area (Å²) in [6, 6.07) is 5.45. The van der Waals surface area contributed by atoms with E-state index in [2.05, 4.69) is 10.3 Å². The predicted molar refractivity (Wildman–Crippen MR) is 93.8 cm³/mol. The molecular formula is C17H24F3N5O. The number of halogens is 3. The molecule has 1 aromatic rings. The van der Waals surface area contributed by atoms with E-state index in [-0.39, 0.29) is 0 Å². The number of nitrogens with one attached hydrogen (secondary N) is 1. The molecule has 1 atom stereocenters. The number of nitrogens with two attached hydrogens (primary N) is 1. The molecule has 1 heterocycles. The largest absolute Gasteiger partial charge is 0.403 e. The minimum atomic E-state index is -4.21. The molecule has 0 aliphatic carbocycles. The molecule has 0 spiro atoms. The fourth-order valence-electron chi connectivity index (χ4n) is 2.83. The van der Waals surface area contributed by atoms with Crippen molar-refractivity contribution in [3.63, 3.8) is 0 Å². The molecule has 1 unspecified atom stereocenters. The quantitative estimate of drug-likeness (QED) is 0.620. The van der Waals surface area contributed by atoms with Crippen LogP contribution >= 0.6 is 0 Å². The number of aliphatic imine (C=N–C) groups is 1. The summed E-state index contributed by atoms with van der Waals surface area (Å²) in [6.45, 7) is 3.29. The van der Waals surface area contributed by atoms with Crippen molar-refractivity contribution in [2.45, 2.75) is 25.7 Å². The van der Waals surface area contributed by atoms with Crippen LogP contribution in [0.3, 0.4) is 0 Å². The number of hydrogen-bond acceptors (Lipinski definition) is 3. The smallest absolute Gasteiger partial charge is 0.366 e. The van der Waals surface area contributed by atoms with Gasteiger partial charge in [0.1, 0.15) is 6.04 Å². The van der Waals surface area contributed by atoms with E-state index in [1.54, 1.807) is 31.3 Å². The van der Waals surface area contributed by atoms with Crippen LogP contribution in [0.25, 0.3) is 0 Å². The number of rotatable bonds is 4. The molecule has 1 fully saturated rings. The zero-order chi connectivity index (χ0) is 19.3. The summed E-state index contributed by atoms with van der Waals surface area (Å²) in [5.41, 5.74) is 6.59. The van der Waals surface area contributed by atoms with Crippen molar-refractivity contribution < 1.29 is 18.0 Å². The summed E-state index contributed by atoms with van der Waals surface area (Å²) in [5.74, 6) is 0.162. The van der Waals surface area contributed by atoms with Crippen LogP contribution in [-0.2, 0) is 6.54 Å². The lowest BCUT2D eigenvalue weighted by Gasteiger charge is -2.39. The van der Waals surface area contributed by atoms with Gasteiger partial charge in [0.25, 0.3) is 0 Å². The number of carbonyl (C=O) groups excluding carboxylic acids is 1. The molecule has 1 aliphatic heterocycles. The van der Waals surface area contributed by atoms with Gasteiger partial charge in [-0.05, 0) is 24.6 Å². The first-order chi connectivity index (χ1) is 12.2. The van der Waals surface area contributed by atoms with Gasteiger partial charge < -0.3 is 16.0 Å². The molecule has 26 heavy (non-hydrogen) atoms. The summed E-state index contributed by atoms with van der Waals surface area (Å²) in [6.07, 6.45) is -4.21. The Labute approximate surface area is 150 Å². The van der Waals surface area contributed by atoms with Crippen LogP contribution in [0.1, 0.15) is 22.8 Å². The normalized spacial score (nSPS) is 17.9. The Bertz CT molecular complexity index is 637. The topological polar surface area (TPSA) is 74.0 Å². The van der Waals surface area contributed by atoms with Crippen molar-refractivity contribution in [3.05, 3.63) is 35.4 Å². The van der Waals surface area contributed by atoms with Crippen LogP contribution in [0.4, 0.5) is 13.2 Å². The lowest BCUT2D eigenvalue weighted by molar-refractivity contribution is -0.181. The first kappa shape index (κ1) is 20.0. The van der Waals surface area contributed by atoms with E-state index in [1.807, 2.05) is 4.90 Å². The first-order valence-electron chi connectivity index (χ1n) is 8.37. The van der Waals surface area contributed by atoms with E-state index in [1.165, 1.54) is 11.8 Å². The highest BCUT2D eigenvalue weighted by Crippen LogP contribution is 2.25. The van der Waals surface area contributed by atoms with Gasteiger partial charge in [0, 0.05) is 45.3 Å². The Morgan fingerprint density at radius 1 is 1.23 bits per heavy atom. The number of amides is 1. The third-order valence-electron chi connectivity index (χ3n) is 4.54. The SMILES string of the molecule is CN=C(NCc1ccc(C(N)=O)cc1)N1CCN(C(C)C(F)(F)F)CC1. The predicted octanol–water partition coefficient (Wildman–Crippen LogP) is 1.43. The van der Waals surface area contributed by atoms with Gasteiger partial charge >= 0.3 is 6.18 Å². The van der Waals surface area contributed by atoms with Crippen LogP contribution < -0.4 is 11.1 Å². The van der Waals surface area contributed by atoms with Crippen molar-refractivity contribution in [1.29, 1.82) is 0 Å². The molecule has 1 aliphatic rings. The summed E-state index contributed by atoms with van der Waals surface area (Å²) in [7, 11) is 1.64. The summed E-state index contributed by atoms with van der Waals surface area (Å²) >= 11 is 0. The Morgan fingerprint density at radius 2 is 1.81 bits per heavy atom. The molecule has 2 rings (SSSR count). The molecule has 0 bridgehead atoms. The monoisotopic (exact) mass is 371 g/mol. The zero-order valence-corrected chi connectivity index (χ0v) is 14.9. The van der Waals surface area contributed by atoms with E-state index in [4.69, 9.17) is 5.73 Å². The van der Waals surface area contributed by atoms with Gasteiger partial charge in [0.05, 0.1) is 0 Å². The lowest BCUT2D eigenvalue weighted by atomic mass is 10.1. The third-order valence-corrected chi connectivity index (χ3v) is 4.54. The Kier molecular flexibility index (Phi) is 6.47. The Morgan fingerprint density at radius 3 is 2.27 bits per heavy atom. The second-order valence-electron chi connectivity index (χ2n) is 6.20. The van der Waals surface area contributed by atoms with Crippen molar-refractivity contribution in [3.8, 4) is 0 Å². The average molecular weight is 371 g/mol. The van der Waals surface area contributed by atoms with Gasteiger partial charge in [0.2, 0.25) is 5.91 Å². The highest BCUT2D eigenvalue weighted by atomic mass is 19.4. The molecule has 1 amide bonds. The molecule has 1 aromatic carbocycles. The Balaban J connectivity index is 1.87. The molecule has 0 saturated carbocycles. The van der Waals surface area contributed by atoms with Gasteiger partial charge in [-0.25, -0.2) is 0 Å². The number of nitrogens with zero attached hydrogens (tertiary/aromatic N) is 3. The fraction of sp³-hybridized carbons (Fsp3) is 0.529. The van der Waals surface area contributed by atoms with Crippen molar-refractivity contribution in [1.82, 2.24) is 15.1 Å². The molecular weight excluding hydrogens is 347 g/mol. The zero-order valence-electron chi connectivity index (χ0n) is 14.9. The number of alkyl halides is 3. The molecule has 0 aromatic heterocycles. The number of guanidine groups is 1. The van der Waals surface area contributed by atoms with E-state index >= 15 is 0 Å². The van der Waals surface area contributed by atoms with E-state index in [0.29, 0.717) is 44.2 Å². The second kappa shape index (κ2) is 8.39. The third kappa shape index (κ3) is 5.10. The molecule has 9 heteroatoms. The summed E-state index contributed by atoms with van der Waals surface area (Å²) < 4.78 is 38.5. The van der Waals surface area contributed by atoms with Crippen LogP contribution in [0.15, 0.2) is 29.3 Å². The maximum absolute atomic E-state index is 12.8. The second-order valence-corrected chi connectivity index (χ2v) is 6.20. The van der Waals surface area contributed by atoms with Gasteiger partial charge in [-0.3, -0.25) is 14.7 Å². The highest BCUT2D eigenvalue weighted by molar-refractivity contribution is 5.92. The van der Waals surface area contributed by atoms with Crippen LogP contribution in [0, 0.1) is 0 Å². The molecule has 144 valence electrons. The maximum atomic E-state index is 12.8. The molecule has 3 N–H and O–H groups in total. The summed E-state index contributed by atoms with van der Waals surface area (Å²) in [4.78, 5) is 18.7. The fourth-order valence-corrected chi connectivity index (χ4v) is 2.83. The number of piperazine rings is 1. The van der Waals surface area contributed by atoms with Crippen molar-refractivity contribution in [2.75, 3.05) is 33.2 Å². The van der Waals surface area contributed by atoms with E-state index in [0.717, 1.165) is 5.56 Å². The van der Waals surface area contributed by atoms with E-state index in [9.17, 15) is 18.0 Å². The molecule has 6 nitrogen and oxygen atoms in total. The van der Waals surface area contributed by atoms with Crippen LogP contribution in [-0.4, -0.2) is 67.1 Å². The first-order valence-corrected chi connectivity index (χ1v) is 8.37. The number of hydrogen-bond donors (Lipinski definition) is 2. The minimum absolute atomic E-state index is 0.328. The maximum Gasteiger partial charge on any atom is 0.403 e.